The number of carbonyl (C=O) groups excluding carboxylic acids is 1. The first-order valence-corrected chi connectivity index (χ1v) is 5.90. The van der Waals surface area contributed by atoms with Gasteiger partial charge in [-0.05, 0) is 32.6 Å². The first-order valence-electron chi connectivity index (χ1n) is 5.90. The third kappa shape index (κ3) is 7.99. The molecule has 0 aromatic carbocycles. The van der Waals surface area contributed by atoms with Gasteiger partial charge in [0.05, 0.1) is 0 Å². The van der Waals surface area contributed by atoms with Crippen LogP contribution in [0.3, 0.4) is 0 Å². The van der Waals surface area contributed by atoms with Crippen LogP contribution in [0.1, 0.15) is 41.0 Å². The van der Waals surface area contributed by atoms with Crippen molar-refractivity contribution in [2.45, 2.75) is 52.7 Å². The van der Waals surface area contributed by atoms with E-state index in [0.717, 1.165) is 0 Å². The van der Waals surface area contributed by atoms with Gasteiger partial charge in [-0.2, -0.15) is 0 Å². The van der Waals surface area contributed by atoms with E-state index in [-0.39, 0.29) is 18.1 Å². The fourth-order valence-electron chi connectivity index (χ4n) is 1.40. The Morgan fingerprint density at radius 1 is 1.35 bits per heavy atom. The molecule has 0 saturated heterocycles. The van der Waals surface area contributed by atoms with Gasteiger partial charge in [-0.1, -0.05) is 13.8 Å². The van der Waals surface area contributed by atoms with Gasteiger partial charge in [-0.25, -0.2) is 4.79 Å². The number of aliphatic hydroxyl groups excluding tert-OH is 1. The molecular formula is C12H26N2O3. The summed E-state index contributed by atoms with van der Waals surface area (Å²) in [6.45, 7) is 9.64. The molecule has 0 rings (SSSR count). The van der Waals surface area contributed by atoms with E-state index in [1.807, 2.05) is 34.6 Å². The summed E-state index contributed by atoms with van der Waals surface area (Å²) in [5, 5.41) is 11.9. The smallest absolute Gasteiger partial charge is 0.407 e. The number of carbonyl (C=O) groups is 1. The first kappa shape index (κ1) is 16.2. The second-order valence-electron chi connectivity index (χ2n) is 6.11. The van der Waals surface area contributed by atoms with Crippen LogP contribution < -0.4 is 11.1 Å². The lowest BCUT2D eigenvalue weighted by atomic mass is 9.87. The highest BCUT2D eigenvalue weighted by molar-refractivity contribution is 5.68. The van der Waals surface area contributed by atoms with Crippen molar-refractivity contribution >= 4 is 6.09 Å². The van der Waals surface area contributed by atoms with E-state index in [9.17, 15) is 9.90 Å². The van der Waals surface area contributed by atoms with E-state index in [1.54, 1.807) is 0 Å². The Balaban J connectivity index is 4.27. The van der Waals surface area contributed by atoms with Crippen LogP contribution in [0.25, 0.3) is 0 Å². The number of rotatable bonds is 5. The molecule has 0 aromatic rings. The topological polar surface area (TPSA) is 84.6 Å². The number of aliphatic hydroxyl groups is 1. The molecule has 0 radical (unpaired) electrons. The fraction of sp³-hybridized carbons (Fsp3) is 0.917. The molecule has 0 bridgehead atoms. The number of hydrogen-bond acceptors (Lipinski definition) is 4. The van der Waals surface area contributed by atoms with Crippen molar-refractivity contribution < 1.29 is 14.6 Å². The Morgan fingerprint density at radius 2 is 1.88 bits per heavy atom. The van der Waals surface area contributed by atoms with Crippen molar-refractivity contribution in [3.63, 3.8) is 0 Å². The Kier molecular flexibility index (Phi) is 5.92. The molecule has 0 saturated carbocycles. The minimum absolute atomic E-state index is 0.0551. The third-order valence-corrected chi connectivity index (χ3v) is 2.23. The molecule has 17 heavy (non-hydrogen) atoms. The summed E-state index contributed by atoms with van der Waals surface area (Å²) in [6.07, 6.45) is 0.140. The quantitative estimate of drug-likeness (QED) is 0.681. The lowest BCUT2D eigenvalue weighted by Gasteiger charge is -2.28. The van der Waals surface area contributed by atoms with E-state index in [0.29, 0.717) is 13.0 Å². The molecule has 0 aliphatic heterocycles. The van der Waals surface area contributed by atoms with E-state index in [1.165, 1.54) is 0 Å². The molecule has 1 atom stereocenters. The van der Waals surface area contributed by atoms with Gasteiger partial charge in [0, 0.05) is 19.2 Å². The molecule has 0 aliphatic carbocycles. The SMILES string of the molecule is CC(C)(CO)CC(CN)NC(=O)OC(C)(C)C. The van der Waals surface area contributed by atoms with Crippen LogP contribution in [0.5, 0.6) is 0 Å². The van der Waals surface area contributed by atoms with Crippen molar-refractivity contribution in [3.05, 3.63) is 0 Å². The highest BCUT2D eigenvalue weighted by Gasteiger charge is 2.24. The van der Waals surface area contributed by atoms with Crippen LogP contribution in [-0.4, -0.2) is 36.0 Å². The minimum atomic E-state index is -0.518. The Bertz CT molecular complexity index is 247. The van der Waals surface area contributed by atoms with E-state index in [4.69, 9.17) is 10.5 Å². The highest BCUT2D eigenvalue weighted by Crippen LogP contribution is 2.21. The molecule has 1 unspecified atom stereocenters. The summed E-state index contributed by atoms with van der Waals surface area (Å²) in [4.78, 5) is 11.6. The zero-order chi connectivity index (χ0) is 13.7. The van der Waals surface area contributed by atoms with Gasteiger partial charge in [0.1, 0.15) is 5.60 Å². The summed E-state index contributed by atoms with van der Waals surface area (Å²) < 4.78 is 5.15. The van der Waals surface area contributed by atoms with Gasteiger partial charge in [0.2, 0.25) is 0 Å². The molecule has 0 fully saturated rings. The summed E-state index contributed by atoms with van der Waals surface area (Å²) >= 11 is 0. The summed E-state index contributed by atoms with van der Waals surface area (Å²) in [6, 6.07) is -0.188. The zero-order valence-corrected chi connectivity index (χ0v) is 11.5. The van der Waals surface area contributed by atoms with Gasteiger partial charge in [-0.3, -0.25) is 0 Å². The van der Waals surface area contributed by atoms with Crippen LogP contribution in [0, 0.1) is 5.41 Å². The fourth-order valence-corrected chi connectivity index (χ4v) is 1.40. The Morgan fingerprint density at radius 3 is 2.24 bits per heavy atom. The molecule has 0 aromatic heterocycles. The molecule has 4 N–H and O–H groups in total. The largest absolute Gasteiger partial charge is 0.444 e. The average molecular weight is 246 g/mol. The van der Waals surface area contributed by atoms with Crippen LogP contribution in [-0.2, 0) is 4.74 Å². The third-order valence-electron chi connectivity index (χ3n) is 2.23. The molecule has 0 aliphatic rings. The van der Waals surface area contributed by atoms with Crippen LogP contribution in [0.15, 0.2) is 0 Å². The molecule has 0 heterocycles. The number of alkyl carbamates (subject to hydrolysis) is 1. The predicted octanol–water partition coefficient (Wildman–Crippen LogP) is 1.25. The van der Waals surface area contributed by atoms with Crippen molar-refractivity contribution in [1.29, 1.82) is 0 Å². The van der Waals surface area contributed by atoms with Crippen molar-refractivity contribution in [1.82, 2.24) is 5.32 Å². The molecule has 0 spiro atoms. The molecule has 5 heteroatoms. The summed E-state index contributed by atoms with van der Waals surface area (Å²) in [5.74, 6) is 0. The zero-order valence-electron chi connectivity index (χ0n) is 11.5. The molecule has 5 nitrogen and oxygen atoms in total. The maximum atomic E-state index is 11.6. The minimum Gasteiger partial charge on any atom is -0.444 e. The van der Waals surface area contributed by atoms with Gasteiger partial charge >= 0.3 is 6.09 Å². The second kappa shape index (κ2) is 6.21. The van der Waals surface area contributed by atoms with Crippen LogP contribution >= 0.6 is 0 Å². The maximum Gasteiger partial charge on any atom is 0.407 e. The van der Waals surface area contributed by atoms with Gasteiger partial charge in [0.15, 0.2) is 0 Å². The van der Waals surface area contributed by atoms with Crippen LogP contribution in [0.4, 0.5) is 4.79 Å². The summed E-state index contributed by atoms with van der Waals surface area (Å²) in [5.41, 5.74) is 4.81. The number of nitrogens with one attached hydrogen (secondary N) is 1. The van der Waals surface area contributed by atoms with Gasteiger partial charge in [-0.15, -0.1) is 0 Å². The normalized spacial score (nSPS) is 14.3. The average Bonchev–Trinajstić information content (AvgIpc) is 2.13. The van der Waals surface area contributed by atoms with E-state index >= 15 is 0 Å². The lowest BCUT2D eigenvalue weighted by Crippen LogP contribution is -2.45. The Hall–Kier alpha value is -0.810. The molecule has 102 valence electrons. The number of ether oxygens (including phenoxy) is 1. The van der Waals surface area contributed by atoms with E-state index < -0.39 is 11.7 Å². The van der Waals surface area contributed by atoms with E-state index in [2.05, 4.69) is 5.32 Å². The molecular weight excluding hydrogens is 220 g/mol. The second-order valence-corrected chi connectivity index (χ2v) is 6.11. The Labute approximate surface area is 104 Å². The van der Waals surface area contributed by atoms with Crippen LogP contribution in [0.2, 0.25) is 0 Å². The first-order chi connectivity index (χ1) is 7.59. The number of amides is 1. The number of hydrogen-bond donors (Lipinski definition) is 3. The highest BCUT2D eigenvalue weighted by atomic mass is 16.6. The summed E-state index contributed by atoms with van der Waals surface area (Å²) in [7, 11) is 0. The van der Waals surface area contributed by atoms with Gasteiger partial charge < -0.3 is 20.9 Å². The van der Waals surface area contributed by atoms with Crippen molar-refractivity contribution in [2.75, 3.05) is 13.2 Å². The molecule has 1 amide bonds. The van der Waals surface area contributed by atoms with Crippen molar-refractivity contribution in [3.8, 4) is 0 Å². The predicted molar refractivity (Wildman–Crippen MR) is 67.7 cm³/mol. The monoisotopic (exact) mass is 246 g/mol. The standard InChI is InChI=1S/C12H26N2O3/c1-11(2,3)17-10(16)14-9(7-13)6-12(4,5)8-15/h9,15H,6-8,13H2,1-5H3,(H,14,16). The van der Waals surface area contributed by atoms with Crippen molar-refractivity contribution in [2.24, 2.45) is 11.1 Å². The number of nitrogens with two attached hydrogens (primary N) is 1. The maximum absolute atomic E-state index is 11.6. The van der Waals surface area contributed by atoms with Gasteiger partial charge in [0.25, 0.3) is 0 Å². The lowest BCUT2D eigenvalue weighted by molar-refractivity contribution is 0.0480.